The highest BCUT2D eigenvalue weighted by Crippen LogP contribution is 2.51. The first-order valence-electron chi connectivity index (χ1n) is 25.8. The molecule has 20 nitrogen and oxygen atoms in total. The lowest BCUT2D eigenvalue weighted by Crippen LogP contribution is -2.47. The molecule has 5 aliphatic rings. The van der Waals surface area contributed by atoms with Gasteiger partial charge in [-0.2, -0.15) is 0 Å². The van der Waals surface area contributed by atoms with Crippen LogP contribution in [-0.4, -0.2) is 116 Å². The van der Waals surface area contributed by atoms with Crippen LogP contribution in [0.2, 0.25) is 0 Å². The molecule has 0 saturated carbocycles. The summed E-state index contributed by atoms with van der Waals surface area (Å²) in [7, 11) is -3.86. The first kappa shape index (κ1) is 55.7. The van der Waals surface area contributed by atoms with Crippen LogP contribution >= 0.6 is 0 Å². The van der Waals surface area contributed by atoms with E-state index in [0.717, 1.165) is 12.1 Å². The number of nitrogens with zero attached hydrogens (tertiary/aromatic N) is 6. The van der Waals surface area contributed by atoms with Crippen LogP contribution in [0.25, 0.3) is 10.8 Å². The monoisotopic (exact) mass is 1070 g/mol. The van der Waals surface area contributed by atoms with E-state index in [1.54, 1.807) is 65.0 Å². The van der Waals surface area contributed by atoms with E-state index in [4.69, 9.17) is 19.2 Å². The molecular formula is C55H70N8O12S. The van der Waals surface area contributed by atoms with Crippen LogP contribution in [0.1, 0.15) is 102 Å². The number of ether oxygens (including phenoxy) is 3. The maximum atomic E-state index is 14.9. The van der Waals surface area contributed by atoms with Gasteiger partial charge in [0.05, 0.1) is 58.4 Å². The average Bonchev–Trinajstić information content (AvgIpc) is 4.07. The van der Waals surface area contributed by atoms with Gasteiger partial charge < -0.3 is 44.9 Å². The minimum atomic E-state index is -3.86. The molecule has 0 aliphatic carbocycles. The average molecular weight is 1070 g/mol. The number of amides is 1. The Labute approximate surface area is 442 Å². The molecule has 408 valence electrons. The minimum absolute atomic E-state index is 0.0370. The largest absolute Gasteiger partial charge is 0.507 e. The number of esters is 1. The molecule has 1 fully saturated rings. The van der Waals surface area contributed by atoms with Gasteiger partial charge in [-0.1, -0.05) is 82.7 Å². The number of aryl methyl sites for hydroxylation is 1. The molecule has 3 aromatic carbocycles. The second-order valence-corrected chi connectivity index (χ2v) is 23.4. The van der Waals surface area contributed by atoms with Crippen LogP contribution in [0.3, 0.4) is 0 Å². The quantitative estimate of drug-likeness (QED) is 0.0930. The normalized spacial score (nSPS) is 27.8. The van der Waals surface area contributed by atoms with Crippen molar-refractivity contribution in [3.05, 3.63) is 99.7 Å². The van der Waals surface area contributed by atoms with Gasteiger partial charge in [-0.3, -0.25) is 19.4 Å². The molecule has 1 saturated heterocycles. The van der Waals surface area contributed by atoms with Crippen molar-refractivity contribution in [2.45, 2.75) is 136 Å². The molecule has 4 aromatic rings. The van der Waals surface area contributed by atoms with Gasteiger partial charge in [0.2, 0.25) is 10.0 Å². The number of ketones is 1. The van der Waals surface area contributed by atoms with Gasteiger partial charge in [0.15, 0.2) is 5.75 Å². The highest BCUT2D eigenvalue weighted by atomic mass is 32.2. The number of anilines is 1. The van der Waals surface area contributed by atoms with Gasteiger partial charge in [-0.15, -0.1) is 5.10 Å². The first-order chi connectivity index (χ1) is 35.8. The van der Waals surface area contributed by atoms with Crippen LogP contribution in [0.4, 0.5) is 5.69 Å². The van der Waals surface area contributed by atoms with Crippen molar-refractivity contribution in [3.63, 3.8) is 0 Å². The topological polar surface area (TPSA) is 277 Å². The van der Waals surface area contributed by atoms with Crippen LogP contribution < -0.4 is 25.5 Å². The van der Waals surface area contributed by atoms with Gasteiger partial charge in [0.25, 0.3) is 11.7 Å². The molecule has 1 spiro atoms. The number of hydrogen-bond donors (Lipinski definition) is 6. The standard InChI is InChI=1S/C55H70N8O12S/c1-29(2)26-62-22-20-55(21-23-62)58-43-40-41-48(67)36(9)51-42(40)52(69)54(10,75-51)73-24-12-15-32(5)50(74-39(64)28-63-27-37(60-61-63)25-56-76(71,72)38-18-16-30(3)17-19-38)35(8)47(66)34(7)46(65)31(4)13-11-14-33(6)53(70)57-45(49(41)68)44(43)59-55/h11-14,16-19,24,27,29,31-32,34-35,46-47,50,56,58,65-68H,15,20-23,25-26,28H2,1-10H3/b13-11+,24-12+,33-14-,57-45?/t31-,32+,34+,35+,46-,47+,50+,54-/m0/s1. The van der Waals surface area contributed by atoms with Crippen molar-refractivity contribution in [1.82, 2.24) is 24.6 Å². The number of aromatic nitrogens is 3. The summed E-state index contributed by atoms with van der Waals surface area (Å²) in [6.07, 6.45) is 7.20. The van der Waals surface area contributed by atoms with Crippen LogP contribution in [0.15, 0.2) is 81.5 Å². The highest BCUT2D eigenvalue weighted by Gasteiger charge is 2.50. The number of aliphatic hydroxyl groups excluding tert-OH is 2. The third-order valence-corrected chi connectivity index (χ3v) is 16.5. The lowest BCUT2D eigenvalue weighted by Gasteiger charge is -2.38. The molecule has 21 heteroatoms. The SMILES string of the molecule is C/C1=C/C=C/[C@H](C)[C@H](O)[C@@H](C)[C@@H](O)[C@@H](C)[C@H](OC(=O)Cn2cc(CNS(=O)(=O)c3ccc(C)cc3)nn2)[C@H](C)C/C=C/O[C@@]2(C)Oc3c(C)c(O)c4c(O)c(c5c(c4c3C2=O)NC2(CCN(CC(C)C)CC2)N=5)=NC1=O. The Bertz CT molecular complexity index is 3250. The Morgan fingerprint density at radius 2 is 1.67 bits per heavy atom. The van der Waals surface area contributed by atoms with Crippen molar-refractivity contribution in [2.75, 3.05) is 25.0 Å². The van der Waals surface area contributed by atoms with Crippen molar-refractivity contribution >= 4 is 44.1 Å². The number of carbonyl (C=O) groups excluding carboxylic acids is 3. The Hall–Kier alpha value is -6.52. The zero-order valence-electron chi connectivity index (χ0n) is 44.7. The first-order valence-corrected chi connectivity index (χ1v) is 27.3. The zero-order chi connectivity index (χ0) is 55.2. The van der Waals surface area contributed by atoms with Crippen LogP contribution in [-0.2, 0) is 42.2 Å². The summed E-state index contributed by atoms with van der Waals surface area (Å²) in [6, 6.07) is 6.37. The number of benzene rings is 3. The lowest BCUT2D eigenvalue weighted by atomic mass is 9.79. The molecule has 0 unspecified atom stereocenters. The summed E-state index contributed by atoms with van der Waals surface area (Å²) in [5.74, 6) is -7.05. The molecule has 76 heavy (non-hydrogen) atoms. The number of aliphatic hydroxyl groups is 2. The highest BCUT2D eigenvalue weighted by molar-refractivity contribution is 7.89. The van der Waals surface area contributed by atoms with Crippen molar-refractivity contribution in [1.29, 1.82) is 0 Å². The van der Waals surface area contributed by atoms with Crippen molar-refractivity contribution < 1.29 is 57.4 Å². The minimum Gasteiger partial charge on any atom is -0.507 e. The molecule has 9 rings (SSSR count). The van der Waals surface area contributed by atoms with Crippen LogP contribution in [0, 0.1) is 43.4 Å². The third-order valence-electron chi connectivity index (χ3n) is 15.1. The van der Waals surface area contributed by atoms with E-state index in [1.165, 1.54) is 42.3 Å². The van der Waals surface area contributed by atoms with Crippen LogP contribution in [0.5, 0.6) is 17.2 Å². The number of hydrogen-bond acceptors (Lipinski definition) is 17. The number of fused-ring (bicyclic) bond motifs is 13. The number of sulfonamides is 1. The van der Waals surface area contributed by atoms with E-state index in [1.807, 2.05) is 13.8 Å². The number of phenols is 2. The fourth-order valence-corrected chi connectivity index (χ4v) is 11.6. The molecule has 0 radical (unpaired) electrons. The van der Waals surface area contributed by atoms with Gasteiger partial charge in [-0.25, -0.2) is 22.8 Å². The number of phenolic OH excluding ortho intramolecular Hbond substituents is 2. The summed E-state index contributed by atoms with van der Waals surface area (Å²) in [5, 5.41) is 59.2. The van der Waals surface area contributed by atoms with E-state index < -0.39 is 93.4 Å². The Balaban J connectivity index is 1.11. The number of carbonyl (C=O) groups is 3. The second-order valence-electron chi connectivity index (χ2n) is 21.6. The second kappa shape index (κ2) is 21.8. The van der Waals surface area contributed by atoms with Crippen molar-refractivity contribution in [3.8, 4) is 17.2 Å². The summed E-state index contributed by atoms with van der Waals surface area (Å²) in [6.45, 7) is 19.4. The molecule has 6 N–H and O–H groups in total. The van der Waals surface area contributed by atoms with E-state index in [-0.39, 0.29) is 73.2 Å². The maximum absolute atomic E-state index is 14.9. The summed E-state index contributed by atoms with van der Waals surface area (Å²) >= 11 is 0. The van der Waals surface area contributed by atoms with Gasteiger partial charge in [0, 0.05) is 73.7 Å². The number of rotatable bonds is 9. The predicted octanol–water partition coefficient (Wildman–Crippen LogP) is 5.18. The maximum Gasteiger partial charge on any atom is 0.328 e. The number of piperidine rings is 1. The number of likely N-dealkylation sites (tertiary alicyclic amines) is 1. The molecule has 5 aliphatic heterocycles. The van der Waals surface area contributed by atoms with Gasteiger partial charge in [-0.05, 0) is 57.2 Å². The summed E-state index contributed by atoms with van der Waals surface area (Å²) < 4.78 is 48.1. The zero-order valence-corrected chi connectivity index (χ0v) is 45.5. The molecule has 1 amide bonds. The predicted molar refractivity (Wildman–Crippen MR) is 281 cm³/mol. The number of Topliss-reactive ketones (excluding diaryl/α,β-unsaturated/α-hetero) is 1. The number of allylic oxidation sites excluding steroid dienone is 3. The lowest BCUT2D eigenvalue weighted by molar-refractivity contribution is -0.160. The number of nitrogens with one attached hydrogen (secondary N) is 2. The van der Waals surface area contributed by atoms with Crippen molar-refractivity contribution in [2.24, 2.45) is 39.6 Å². The fourth-order valence-electron chi connectivity index (χ4n) is 10.6. The van der Waals surface area contributed by atoms with E-state index in [0.29, 0.717) is 37.5 Å². The molecule has 5 bridgehead atoms. The van der Waals surface area contributed by atoms with Gasteiger partial charge >= 0.3 is 11.8 Å². The molecule has 1 aromatic heterocycles. The number of aromatic hydroxyl groups is 2. The Morgan fingerprint density at radius 3 is 2.36 bits per heavy atom. The Morgan fingerprint density at radius 1 is 0.974 bits per heavy atom. The third kappa shape index (κ3) is 11.2. The Kier molecular flexibility index (Phi) is 16.0. The summed E-state index contributed by atoms with van der Waals surface area (Å²) in [4.78, 5) is 54.6. The fraction of sp³-hybridized carbons (Fsp3) is 0.509. The summed E-state index contributed by atoms with van der Waals surface area (Å²) in [5.41, 5.74) is 0.928. The van der Waals surface area contributed by atoms with E-state index in [2.05, 4.69) is 44.1 Å². The van der Waals surface area contributed by atoms with Gasteiger partial charge in [0.1, 0.15) is 40.5 Å². The molecule has 6 heterocycles. The molecule has 8 atom stereocenters. The van der Waals surface area contributed by atoms with E-state index in [9.17, 15) is 43.2 Å². The van der Waals surface area contributed by atoms with E-state index >= 15 is 0 Å². The molecular weight excluding hydrogens is 997 g/mol. The smallest absolute Gasteiger partial charge is 0.328 e.